The largest absolute Gasteiger partial charge is 0.481 e. The van der Waals surface area contributed by atoms with Crippen molar-refractivity contribution in [2.45, 2.75) is 51.6 Å². The SMILES string of the molecule is COC(=O)[C@H]1CCN(C(=O)NC(CCC(=O)O)Cc2ccccc2)[C@H]1C(C)C. The number of methoxy groups -OCH3 is 1. The lowest BCUT2D eigenvalue weighted by Gasteiger charge is -2.32. The van der Waals surface area contributed by atoms with E-state index >= 15 is 0 Å². The first-order chi connectivity index (χ1) is 13.3. The van der Waals surface area contributed by atoms with Crippen LogP contribution >= 0.6 is 0 Å². The minimum atomic E-state index is -0.890. The van der Waals surface area contributed by atoms with Crippen LogP contribution in [0.25, 0.3) is 0 Å². The van der Waals surface area contributed by atoms with Gasteiger partial charge in [0.1, 0.15) is 0 Å². The summed E-state index contributed by atoms with van der Waals surface area (Å²) in [5, 5.41) is 12.0. The van der Waals surface area contributed by atoms with E-state index < -0.39 is 5.97 Å². The summed E-state index contributed by atoms with van der Waals surface area (Å²) in [5.74, 6) is -1.41. The lowest BCUT2D eigenvalue weighted by molar-refractivity contribution is -0.146. The Balaban J connectivity index is 2.10. The van der Waals surface area contributed by atoms with Crippen LogP contribution in [0.15, 0.2) is 30.3 Å². The normalized spacial score (nSPS) is 20.1. The van der Waals surface area contributed by atoms with Crippen LogP contribution in [-0.2, 0) is 20.7 Å². The number of nitrogens with one attached hydrogen (secondary N) is 1. The van der Waals surface area contributed by atoms with Gasteiger partial charge in [-0.3, -0.25) is 9.59 Å². The van der Waals surface area contributed by atoms with E-state index in [1.165, 1.54) is 7.11 Å². The molecule has 0 bridgehead atoms. The first-order valence-corrected chi connectivity index (χ1v) is 9.74. The van der Waals surface area contributed by atoms with Crippen LogP contribution < -0.4 is 5.32 Å². The summed E-state index contributed by atoms with van der Waals surface area (Å²) < 4.78 is 4.91. The van der Waals surface area contributed by atoms with Crippen molar-refractivity contribution in [2.24, 2.45) is 11.8 Å². The van der Waals surface area contributed by atoms with Crippen molar-refractivity contribution in [3.8, 4) is 0 Å². The van der Waals surface area contributed by atoms with Crippen molar-refractivity contribution in [2.75, 3.05) is 13.7 Å². The zero-order chi connectivity index (χ0) is 20.7. The van der Waals surface area contributed by atoms with Crippen molar-refractivity contribution in [1.29, 1.82) is 0 Å². The Kier molecular flexibility index (Phi) is 7.84. The van der Waals surface area contributed by atoms with Gasteiger partial charge in [0, 0.05) is 25.0 Å². The van der Waals surface area contributed by atoms with E-state index in [4.69, 9.17) is 9.84 Å². The number of carboxylic acid groups (broad SMARTS) is 1. The average molecular weight is 390 g/mol. The number of hydrogen-bond acceptors (Lipinski definition) is 4. The third-order valence-corrected chi connectivity index (χ3v) is 5.26. The fourth-order valence-electron chi connectivity index (χ4n) is 3.96. The third-order valence-electron chi connectivity index (χ3n) is 5.26. The molecule has 1 aliphatic heterocycles. The molecule has 1 unspecified atom stereocenters. The molecule has 1 heterocycles. The van der Waals surface area contributed by atoms with Crippen LogP contribution in [0.4, 0.5) is 4.79 Å². The molecule has 0 saturated carbocycles. The van der Waals surface area contributed by atoms with Gasteiger partial charge >= 0.3 is 18.0 Å². The smallest absolute Gasteiger partial charge is 0.317 e. The van der Waals surface area contributed by atoms with Gasteiger partial charge in [-0.2, -0.15) is 0 Å². The zero-order valence-corrected chi connectivity index (χ0v) is 16.8. The Bertz CT molecular complexity index is 677. The first-order valence-electron chi connectivity index (χ1n) is 9.74. The van der Waals surface area contributed by atoms with E-state index in [-0.39, 0.29) is 42.3 Å². The van der Waals surface area contributed by atoms with E-state index in [1.807, 2.05) is 44.2 Å². The van der Waals surface area contributed by atoms with Gasteiger partial charge in [-0.05, 0) is 30.7 Å². The quantitative estimate of drug-likeness (QED) is 0.666. The van der Waals surface area contributed by atoms with Gasteiger partial charge in [-0.25, -0.2) is 4.79 Å². The second-order valence-electron chi connectivity index (χ2n) is 7.61. The number of carbonyl (C=O) groups is 3. The van der Waals surface area contributed by atoms with Gasteiger partial charge in [0.25, 0.3) is 0 Å². The summed E-state index contributed by atoms with van der Waals surface area (Å²) in [6.07, 6.45) is 1.45. The highest BCUT2D eigenvalue weighted by Crippen LogP contribution is 2.31. The molecule has 7 heteroatoms. The number of likely N-dealkylation sites (tertiary alicyclic amines) is 1. The fourth-order valence-corrected chi connectivity index (χ4v) is 3.96. The Labute approximate surface area is 166 Å². The van der Waals surface area contributed by atoms with E-state index in [9.17, 15) is 14.4 Å². The predicted molar refractivity (Wildman–Crippen MR) is 105 cm³/mol. The van der Waals surface area contributed by atoms with Gasteiger partial charge in [-0.15, -0.1) is 0 Å². The molecule has 1 fully saturated rings. The molecule has 1 saturated heterocycles. The molecule has 3 atom stereocenters. The topological polar surface area (TPSA) is 95.9 Å². The Morgan fingerprint density at radius 3 is 2.50 bits per heavy atom. The zero-order valence-electron chi connectivity index (χ0n) is 16.8. The molecule has 2 amide bonds. The van der Waals surface area contributed by atoms with E-state index in [0.717, 1.165) is 5.56 Å². The lowest BCUT2D eigenvalue weighted by Crippen LogP contribution is -2.50. The van der Waals surface area contributed by atoms with E-state index in [1.54, 1.807) is 4.90 Å². The predicted octanol–water partition coefficient (Wildman–Crippen LogP) is 2.69. The maximum absolute atomic E-state index is 13.0. The number of hydrogen-bond donors (Lipinski definition) is 2. The molecular weight excluding hydrogens is 360 g/mol. The van der Waals surface area contributed by atoms with Gasteiger partial charge in [0.15, 0.2) is 0 Å². The Morgan fingerprint density at radius 1 is 1.25 bits per heavy atom. The van der Waals surface area contributed by atoms with Crippen LogP contribution in [0.2, 0.25) is 0 Å². The number of amides is 2. The molecular formula is C21H30N2O5. The van der Waals surface area contributed by atoms with Gasteiger partial charge in [-0.1, -0.05) is 44.2 Å². The highest BCUT2D eigenvalue weighted by atomic mass is 16.5. The molecule has 2 N–H and O–H groups in total. The van der Waals surface area contributed by atoms with Crippen molar-refractivity contribution in [1.82, 2.24) is 10.2 Å². The van der Waals surface area contributed by atoms with Crippen molar-refractivity contribution in [3.05, 3.63) is 35.9 Å². The number of rotatable bonds is 8. The van der Waals surface area contributed by atoms with Crippen LogP contribution in [0.1, 0.15) is 38.7 Å². The molecule has 2 rings (SSSR count). The summed E-state index contributed by atoms with van der Waals surface area (Å²) in [6.45, 7) is 4.45. The number of carboxylic acids is 1. The standard InChI is InChI=1S/C21H30N2O5/c1-14(2)19-17(20(26)28-3)11-12-23(19)21(27)22-16(9-10-18(24)25)13-15-7-5-4-6-8-15/h4-8,14,16-17,19H,9-13H2,1-3H3,(H,22,27)(H,24,25)/t16?,17-,19-/m0/s1. The number of nitrogens with zero attached hydrogens (tertiary/aromatic N) is 1. The van der Waals surface area contributed by atoms with Crippen LogP contribution in [0, 0.1) is 11.8 Å². The van der Waals surface area contributed by atoms with Crippen molar-refractivity contribution in [3.63, 3.8) is 0 Å². The van der Waals surface area contributed by atoms with Crippen LogP contribution in [0.5, 0.6) is 0 Å². The van der Waals surface area contributed by atoms with Gasteiger partial charge in [0.2, 0.25) is 0 Å². The molecule has 1 aliphatic rings. The van der Waals surface area contributed by atoms with Gasteiger partial charge in [0.05, 0.1) is 13.0 Å². The summed E-state index contributed by atoms with van der Waals surface area (Å²) >= 11 is 0. The van der Waals surface area contributed by atoms with Crippen LogP contribution in [0.3, 0.4) is 0 Å². The molecule has 154 valence electrons. The molecule has 7 nitrogen and oxygen atoms in total. The maximum Gasteiger partial charge on any atom is 0.317 e. The number of ether oxygens (including phenoxy) is 1. The van der Waals surface area contributed by atoms with Crippen molar-refractivity contribution >= 4 is 18.0 Å². The van der Waals surface area contributed by atoms with E-state index in [0.29, 0.717) is 25.8 Å². The van der Waals surface area contributed by atoms with Crippen LogP contribution in [-0.4, -0.2) is 53.7 Å². The number of urea groups is 1. The molecule has 1 aromatic carbocycles. The summed E-state index contributed by atoms with van der Waals surface area (Å²) in [6, 6.07) is 8.89. The number of esters is 1. The minimum Gasteiger partial charge on any atom is -0.481 e. The molecule has 0 aliphatic carbocycles. The van der Waals surface area contributed by atoms with Gasteiger partial charge < -0.3 is 20.1 Å². The summed E-state index contributed by atoms with van der Waals surface area (Å²) in [4.78, 5) is 37.8. The lowest BCUT2D eigenvalue weighted by atomic mass is 9.91. The monoisotopic (exact) mass is 390 g/mol. The highest BCUT2D eigenvalue weighted by molar-refractivity contribution is 5.79. The highest BCUT2D eigenvalue weighted by Gasteiger charge is 2.43. The summed E-state index contributed by atoms with van der Waals surface area (Å²) in [5.41, 5.74) is 1.03. The maximum atomic E-state index is 13.0. The second kappa shape index (κ2) is 10.1. The number of aliphatic carboxylic acids is 1. The average Bonchev–Trinajstić information content (AvgIpc) is 3.12. The molecule has 0 spiro atoms. The molecule has 0 radical (unpaired) electrons. The van der Waals surface area contributed by atoms with E-state index in [2.05, 4.69) is 5.32 Å². The van der Waals surface area contributed by atoms with Crippen molar-refractivity contribution < 1.29 is 24.2 Å². The fraction of sp³-hybridized carbons (Fsp3) is 0.571. The molecule has 28 heavy (non-hydrogen) atoms. The molecule has 1 aromatic rings. The third kappa shape index (κ3) is 5.71. The summed E-state index contributed by atoms with van der Waals surface area (Å²) in [7, 11) is 1.37. The Hall–Kier alpha value is -2.57. The second-order valence-corrected chi connectivity index (χ2v) is 7.61. The Morgan fingerprint density at radius 2 is 1.93 bits per heavy atom. The number of carbonyl (C=O) groups excluding carboxylic acids is 2. The molecule has 0 aromatic heterocycles. The minimum absolute atomic E-state index is 0.0177. The number of benzene rings is 1. The first kappa shape index (κ1) is 21.7.